The van der Waals surface area contributed by atoms with Crippen LogP contribution >= 0.6 is 0 Å². The Balaban J connectivity index is 1.32. The number of carbonyl (C=O) groups is 1. The van der Waals surface area contributed by atoms with Gasteiger partial charge >= 0.3 is 0 Å². The molecule has 1 unspecified atom stereocenters. The smallest absolute Gasteiger partial charge is 0.239 e. The fourth-order valence-corrected chi connectivity index (χ4v) is 4.63. The molecule has 2 N–H and O–H groups in total. The molecule has 2 fully saturated rings. The monoisotopic (exact) mass is 428 g/mol. The van der Waals surface area contributed by atoms with Crippen molar-refractivity contribution >= 4 is 11.9 Å². The second-order valence-corrected chi connectivity index (χ2v) is 8.96. The lowest BCUT2D eigenvalue weighted by Crippen LogP contribution is -2.49. The fraction of sp³-hybridized carbons (Fsp3) is 0.667. The number of nitrogens with zero attached hydrogens (tertiary/aromatic N) is 4. The van der Waals surface area contributed by atoms with E-state index in [-0.39, 0.29) is 11.9 Å². The van der Waals surface area contributed by atoms with E-state index in [0.29, 0.717) is 6.04 Å². The van der Waals surface area contributed by atoms with Gasteiger partial charge < -0.3 is 15.5 Å². The molecule has 1 aromatic rings. The largest absolute Gasteiger partial charge is 0.356 e. The molecule has 0 spiro atoms. The molecule has 31 heavy (non-hydrogen) atoms. The molecule has 7 nitrogen and oxygen atoms in total. The summed E-state index contributed by atoms with van der Waals surface area (Å²) >= 11 is 0. The van der Waals surface area contributed by atoms with Crippen molar-refractivity contribution in [2.75, 3.05) is 53.9 Å². The first-order valence-corrected chi connectivity index (χ1v) is 11.8. The van der Waals surface area contributed by atoms with Crippen molar-refractivity contribution in [3.05, 3.63) is 35.9 Å². The van der Waals surface area contributed by atoms with Crippen LogP contribution in [0.3, 0.4) is 0 Å². The van der Waals surface area contributed by atoms with Crippen LogP contribution in [0.5, 0.6) is 0 Å². The summed E-state index contributed by atoms with van der Waals surface area (Å²) in [6.07, 6.45) is 5.37. The number of aliphatic imine (C=N–C) groups is 1. The molecule has 0 aromatic heterocycles. The van der Waals surface area contributed by atoms with Crippen molar-refractivity contribution in [3.63, 3.8) is 0 Å². The number of hydrogen-bond donors (Lipinski definition) is 2. The Morgan fingerprint density at radius 2 is 1.87 bits per heavy atom. The van der Waals surface area contributed by atoms with Gasteiger partial charge in [-0.2, -0.15) is 0 Å². The van der Waals surface area contributed by atoms with Crippen LogP contribution in [0.25, 0.3) is 0 Å². The van der Waals surface area contributed by atoms with Crippen molar-refractivity contribution < 1.29 is 4.79 Å². The maximum Gasteiger partial charge on any atom is 0.239 e. The number of nitrogens with one attached hydrogen (secondary N) is 2. The van der Waals surface area contributed by atoms with Crippen molar-refractivity contribution in [1.82, 2.24) is 25.3 Å². The Bertz CT molecular complexity index is 699. The van der Waals surface area contributed by atoms with E-state index in [1.807, 2.05) is 21.1 Å². The summed E-state index contributed by atoms with van der Waals surface area (Å²) in [5.74, 6) is 1.13. The van der Waals surface area contributed by atoms with Crippen LogP contribution in [0.15, 0.2) is 35.3 Å². The van der Waals surface area contributed by atoms with E-state index >= 15 is 0 Å². The summed E-state index contributed by atoms with van der Waals surface area (Å²) in [6.45, 7) is 6.10. The zero-order valence-corrected chi connectivity index (χ0v) is 19.5. The molecule has 2 aliphatic rings. The van der Waals surface area contributed by atoms with Crippen LogP contribution < -0.4 is 10.6 Å². The van der Waals surface area contributed by atoms with Gasteiger partial charge in [0.1, 0.15) is 0 Å². The number of rotatable bonds is 8. The van der Waals surface area contributed by atoms with Crippen LogP contribution in [0.2, 0.25) is 0 Å². The van der Waals surface area contributed by atoms with Crippen molar-refractivity contribution in [3.8, 4) is 0 Å². The average Bonchev–Trinajstić information content (AvgIpc) is 3.25. The van der Waals surface area contributed by atoms with Gasteiger partial charge in [-0.3, -0.25) is 19.6 Å². The Morgan fingerprint density at radius 1 is 1.13 bits per heavy atom. The first kappa shape index (κ1) is 23.5. The highest BCUT2D eigenvalue weighted by Crippen LogP contribution is 2.18. The minimum absolute atomic E-state index is 0.0634. The third kappa shape index (κ3) is 7.21. The van der Waals surface area contributed by atoms with Crippen molar-refractivity contribution in [1.29, 1.82) is 0 Å². The zero-order valence-electron chi connectivity index (χ0n) is 19.5. The average molecular weight is 429 g/mol. The second kappa shape index (κ2) is 12.1. The fourth-order valence-electron chi connectivity index (χ4n) is 4.63. The highest BCUT2D eigenvalue weighted by molar-refractivity contribution is 5.81. The molecule has 0 aliphatic carbocycles. The van der Waals surface area contributed by atoms with E-state index in [1.165, 1.54) is 5.56 Å². The maximum absolute atomic E-state index is 12.3. The highest BCUT2D eigenvalue weighted by atomic mass is 16.2. The minimum atomic E-state index is 0.0634. The molecule has 0 saturated carbocycles. The molecular formula is C24H40N6O. The number of piperidine rings is 1. The van der Waals surface area contributed by atoms with E-state index in [9.17, 15) is 4.79 Å². The third-order valence-electron chi connectivity index (χ3n) is 6.41. The molecule has 1 aromatic carbocycles. The Kier molecular flexibility index (Phi) is 9.15. The van der Waals surface area contributed by atoms with Crippen LogP contribution in [-0.4, -0.2) is 92.5 Å². The van der Waals surface area contributed by atoms with Gasteiger partial charge in [0.15, 0.2) is 5.96 Å². The zero-order chi connectivity index (χ0) is 22.1. The summed E-state index contributed by atoms with van der Waals surface area (Å²) in [5, 5.41) is 7.06. The molecule has 7 heteroatoms. The standard InChI is InChI=1S/C24H40N6O/c1-25-24(26-14-8-16-30-15-7-11-22(30)23(31)28(2)3)27-21-12-17-29(18-13-21)19-20-9-5-4-6-10-20/h4-6,9-10,21-22H,7-8,11-19H2,1-3H3,(H2,25,26,27). The molecule has 2 heterocycles. The van der Waals surface area contributed by atoms with Crippen LogP contribution in [-0.2, 0) is 11.3 Å². The van der Waals surface area contributed by atoms with Gasteiger partial charge in [-0.15, -0.1) is 0 Å². The van der Waals surface area contributed by atoms with Crippen LogP contribution in [0.4, 0.5) is 0 Å². The summed E-state index contributed by atoms with van der Waals surface area (Å²) < 4.78 is 0. The lowest BCUT2D eigenvalue weighted by atomic mass is 10.0. The number of hydrogen-bond acceptors (Lipinski definition) is 4. The summed E-state index contributed by atoms with van der Waals surface area (Å²) in [6, 6.07) is 11.2. The lowest BCUT2D eigenvalue weighted by molar-refractivity contribution is -0.133. The van der Waals surface area contributed by atoms with Gasteiger partial charge in [-0.1, -0.05) is 30.3 Å². The van der Waals surface area contributed by atoms with Crippen molar-refractivity contribution in [2.24, 2.45) is 4.99 Å². The molecule has 2 saturated heterocycles. The number of likely N-dealkylation sites (N-methyl/N-ethyl adjacent to an activating group) is 1. The van der Waals surface area contributed by atoms with E-state index in [2.05, 4.69) is 55.8 Å². The lowest BCUT2D eigenvalue weighted by Gasteiger charge is -2.33. The summed E-state index contributed by atoms with van der Waals surface area (Å²) in [7, 11) is 5.54. The van der Waals surface area contributed by atoms with Gasteiger partial charge in [0.05, 0.1) is 6.04 Å². The predicted molar refractivity (Wildman–Crippen MR) is 127 cm³/mol. The van der Waals surface area contributed by atoms with Gasteiger partial charge in [0.25, 0.3) is 0 Å². The molecule has 0 bridgehead atoms. The van der Waals surface area contributed by atoms with Gasteiger partial charge in [-0.25, -0.2) is 0 Å². The number of benzene rings is 1. The Morgan fingerprint density at radius 3 is 2.55 bits per heavy atom. The molecule has 0 radical (unpaired) electrons. The minimum Gasteiger partial charge on any atom is -0.356 e. The van der Waals surface area contributed by atoms with E-state index in [1.54, 1.807) is 4.90 Å². The first-order chi connectivity index (χ1) is 15.1. The molecule has 1 amide bonds. The predicted octanol–water partition coefficient (Wildman–Crippen LogP) is 1.76. The van der Waals surface area contributed by atoms with Crippen molar-refractivity contribution in [2.45, 2.75) is 50.7 Å². The second-order valence-electron chi connectivity index (χ2n) is 8.96. The van der Waals surface area contributed by atoms with E-state index in [4.69, 9.17) is 0 Å². The van der Waals surface area contributed by atoms with E-state index < -0.39 is 0 Å². The summed E-state index contributed by atoms with van der Waals surface area (Å²) in [5.41, 5.74) is 1.39. The third-order valence-corrected chi connectivity index (χ3v) is 6.41. The number of guanidine groups is 1. The molecule has 2 aliphatic heterocycles. The number of carbonyl (C=O) groups excluding carboxylic acids is 1. The first-order valence-electron chi connectivity index (χ1n) is 11.8. The van der Waals surface area contributed by atoms with Gasteiger partial charge in [0, 0.05) is 59.9 Å². The van der Waals surface area contributed by atoms with E-state index in [0.717, 1.165) is 77.3 Å². The molecule has 1 atom stereocenters. The number of amides is 1. The Hall–Kier alpha value is -2.12. The van der Waals surface area contributed by atoms with Crippen LogP contribution in [0, 0.1) is 0 Å². The SMILES string of the molecule is CN=C(NCCCN1CCCC1C(=O)N(C)C)NC1CCN(Cc2ccccc2)CC1. The quantitative estimate of drug-likeness (QED) is 0.375. The molecule has 3 rings (SSSR count). The maximum atomic E-state index is 12.3. The van der Waals surface area contributed by atoms with Crippen LogP contribution in [0.1, 0.15) is 37.7 Å². The normalized spacial score (nSPS) is 21.3. The molecular weight excluding hydrogens is 388 g/mol. The molecule has 172 valence electrons. The summed E-state index contributed by atoms with van der Waals surface area (Å²) in [4.78, 5) is 23.3. The topological polar surface area (TPSA) is 63.2 Å². The highest BCUT2D eigenvalue weighted by Gasteiger charge is 2.31. The van der Waals surface area contributed by atoms with Gasteiger partial charge in [0.2, 0.25) is 5.91 Å². The number of likely N-dealkylation sites (tertiary alicyclic amines) is 2. The van der Waals surface area contributed by atoms with Gasteiger partial charge in [-0.05, 0) is 44.2 Å². The Labute approximate surface area is 187 Å².